The van der Waals surface area contributed by atoms with Crippen molar-refractivity contribution in [3.8, 4) is 11.8 Å². The maximum atomic E-state index is 12.8. The maximum absolute atomic E-state index is 12.8. The fraction of sp³-hybridized carbons (Fsp3) is 0.158. The molecule has 3 nitrogen and oxygen atoms in total. The number of nitrogens with one attached hydrogen (secondary N) is 1. The summed E-state index contributed by atoms with van der Waals surface area (Å²) in [6.45, 7) is 0. The Morgan fingerprint density at radius 3 is 2.42 bits per heavy atom. The molecule has 1 N–H and O–H groups in total. The number of alkyl halides is 3. The number of thiophene rings is 1. The topological polar surface area (TPSA) is 56.9 Å². The van der Waals surface area contributed by atoms with E-state index in [4.69, 9.17) is 10.1 Å². The molecule has 0 fully saturated rings. The summed E-state index contributed by atoms with van der Waals surface area (Å²) in [4.78, 5) is 0.758. The molecule has 2 atom stereocenters. The van der Waals surface area contributed by atoms with Gasteiger partial charge in [-0.3, -0.25) is 5.41 Å². The monoisotopic (exact) mass is 372 g/mol. The molecular formula is C19H11F3N2OS. The third kappa shape index (κ3) is 2.54. The predicted molar refractivity (Wildman–Crippen MR) is 92.6 cm³/mol. The molecule has 3 aromatic rings. The maximum Gasteiger partial charge on any atom is 0.416 e. The van der Waals surface area contributed by atoms with E-state index in [9.17, 15) is 18.4 Å². The smallest absolute Gasteiger partial charge is 0.416 e. The number of nitriles is 1. The van der Waals surface area contributed by atoms with Gasteiger partial charge in [0.1, 0.15) is 5.92 Å². The van der Waals surface area contributed by atoms with Gasteiger partial charge in [0.2, 0.25) is 5.90 Å². The average molecular weight is 372 g/mol. The molecule has 4 rings (SSSR count). The Morgan fingerprint density at radius 1 is 1.08 bits per heavy atom. The van der Waals surface area contributed by atoms with Gasteiger partial charge in [0.25, 0.3) is 0 Å². The van der Waals surface area contributed by atoms with Gasteiger partial charge in [0.15, 0.2) is 5.75 Å². The van der Waals surface area contributed by atoms with Gasteiger partial charge in [0, 0.05) is 16.0 Å². The van der Waals surface area contributed by atoms with Gasteiger partial charge in [-0.2, -0.15) is 18.4 Å². The number of ether oxygens (including phenoxy) is 1. The van der Waals surface area contributed by atoms with Crippen LogP contribution in [0.25, 0.3) is 10.1 Å². The highest BCUT2D eigenvalue weighted by Crippen LogP contribution is 2.50. The number of halogens is 3. The van der Waals surface area contributed by atoms with Crippen LogP contribution in [0.5, 0.6) is 5.75 Å². The Morgan fingerprint density at radius 2 is 1.77 bits per heavy atom. The molecular weight excluding hydrogens is 361 g/mol. The quantitative estimate of drug-likeness (QED) is 0.608. The molecule has 2 unspecified atom stereocenters. The zero-order valence-electron chi connectivity index (χ0n) is 13.2. The number of hydrogen-bond acceptors (Lipinski definition) is 4. The lowest BCUT2D eigenvalue weighted by atomic mass is 9.83. The minimum Gasteiger partial charge on any atom is -0.440 e. The first-order valence-corrected chi connectivity index (χ1v) is 8.56. The Balaban J connectivity index is 1.89. The third-order valence-corrected chi connectivity index (χ3v) is 5.66. The van der Waals surface area contributed by atoms with Crippen molar-refractivity contribution in [3.05, 3.63) is 64.5 Å². The molecule has 1 aromatic heterocycles. The lowest BCUT2D eigenvalue weighted by molar-refractivity contribution is -0.137. The molecule has 1 aliphatic heterocycles. The van der Waals surface area contributed by atoms with E-state index in [1.165, 1.54) is 23.5 Å². The van der Waals surface area contributed by atoms with Crippen LogP contribution in [-0.2, 0) is 6.18 Å². The van der Waals surface area contributed by atoms with Crippen molar-refractivity contribution in [2.45, 2.75) is 12.1 Å². The summed E-state index contributed by atoms with van der Waals surface area (Å²) in [6, 6.07) is 14.4. The van der Waals surface area contributed by atoms with Gasteiger partial charge in [-0.1, -0.05) is 24.3 Å². The van der Waals surface area contributed by atoms with Crippen LogP contribution in [0.2, 0.25) is 0 Å². The summed E-state index contributed by atoms with van der Waals surface area (Å²) in [6.07, 6.45) is -4.42. The number of nitrogens with zero attached hydrogens (tertiary/aromatic N) is 1. The van der Waals surface area contributed by atoms with Crippen LogP contribution in [0, 0.1) is 22.7 Å². The van der Waals surface area contributed by atoms with Crippen molar-refractivity contribution < 1.29 is 17.9 Å². The second-order valence-corrected chi connectivity index (χ2v) is 7.05. The molecule has 130 valence electrons. The first-order valence-electron chi connectivity index (χ1n) is 7.74. The van der Waals surface area contributed by atoms with Crippen LogP contribution in [0.4, 0.5) is 13.2 Å². The van der Waals surface area contributed by atoms with E-state index in [1.807, 2.05) is 24.3 Å². The minimum atomic E-state index is -4.42. The second kappa shape index (κ2) is 5.85. The molecule has 0 aliphatic carbocycles. The van der Waals surface area contributed by atoms with Gasteiger partial charge in [-0.15, -0.1) is 11.3 Å². The Kier molecular flexibility index (Phi) is 3.74. The van der Waals surface area contributed by atoms with Crippen molar-refractivity contribution in [1.29, 1.82) is 10.7 Å². The van der Waals surface area contributed by atoms with E-state index >= 15 is 0 Å². The summed E-state index contributed by atoms with van der Waals surface area (Å²) in [5.74, 6) is -1.08. The normalized spacial score (nSPS) is 19.7. The summed E-state index contributed by atoms with van der Waals surface area (Å²) in [5, 5.41) is 18.5. The zero-order valence-corrected chi connectivity index (χ0v) is 14.0. The van der Waals surface area contributed by atoms with E-state index in [-0.39, 0.29) is 5.90 Å². The summed E-state index contributed by atoms with van der Waals surface area (Å²) < 4.78 is 45.1. The van der Waals surface area contributed by atoms with Crippen LogP contribution < -0.4 is 4.74 Å². The Labute approximate surface area is 150 Å². The molecule has 2 heterocycles. The highest BCUT2D eigenvalue weighted by atomic mass is 32.1. The second-order valence-electron chi connectivity index (χ2n) is 5.96. The Hall–Kier alpha value is -2.85. The van der Waals surface area contributed by atoms with Gasteiger partial charge in [-0.25, -0.2) is 0 Å². The largest absolute Gasteiger partial charge is 0.440 e. The summed E-state index contributed by atoms with van der Waals surface area (Å²) in [7, 11) is 0. The van der Waals surface area contributed by atoms with Crippen molar-refractivity contribution in [2.75, 3.05) is 0 Å². The SMILES string of the molecule is N#CC1C(=N)Oc2c(sc3ccccc23)C1c1ccc(C(F)(F)F)cc1. The van der Waals surface area contributed by atoms with E-state index in [1.54, 1.807) is 0 Å². The van der Waals surface area contributed by atoms with Crippen LogP contribution in [0.15, 0.2) is 48.5 Å². The van der Waals surface area contributed by atoms with E-state index < -0.39 is 23.6 Å². The average Bonchev–Trinajstić information content (AvgIpc) is 2.98. The lowest BCUT2D eigenvalue weighted by Crippen LogP contribution is -2.30. The van der Waals surface area contributed by atoms with Crippen molar-refractivity contribution in [3.63, 3.8) is 0 Å². The summed E-state index contributed by atoms with van der Waals surface area (Å²) >= 11 is 1.44. The van der Waals surface area contributed by atoms with Crippen molar-refractivity contribution >= 4 is 27.3 Å². The molecule has 26 heavy (non-hydrogen) atoms. The number of hydrogen-bond donors (Lipinski definition) is 1. The Bertz CT molecular complexity index is 1050. The zero-order chi connectivity index (χ0) is 18.5. The van der Waals surface area contributed by atoms with Crippen LogP contribution in [0.1, 0.15) is 21.9 Å². The standard InChI is InChI=1S/C19H11F3N2OS/c20-19(21,22)11-7-5-10(6-8-11)15-13(9-23)18(24)25-16-12-3-1-2-4-14(12)26-17(15)16/h1-8,13,15,24H. The van der Waals surface area contributed by atoms with Gasteiger partial charge in [0.05, 0.1) is 16.5 Å². The van der Waals surface area contributed by atoms with E-state index in [2.05, 4.69) is 6.07 Å². The number of rotatable bonds is 1. The molecule has 7 heteroatoms. The molecule has 0 radical (unpaired) electrons. The third-order valence-electron chi connectivity index (χ3n) is 4.42. The van der Waals surface area contributed by atoms with Gasteiger partial charge >= 0.3 is 6.18 Å². The highest BCUT2D eigenvalue weighted by molar-refractivity contribution is 7.19. The predicted octanol–water partition coefficient (Wildman–Crippen LogP) is 5.56. The molecule has 0 saturated heterocycles. The molecule has 0 saturated carbocycles. The first-order chi connectivity index (χ1) is 12.4. The molecule has 0 spiro atoms. The van der Waals surface area contributed by atoms with E-state index in [0.717, 1.165) is 27.1 Å². The van der Waals surface area contributed by atoms with Crippen molar-refractivity contribution in [2.24, 2.45) is 5.92 Å². The lowest BCUT2D eigenvalue weighted by Gasteiger charge is -2.28. The first kappa shape index (κ1) is 16.6. The van der Waals surface area contributed by atoms with E-state index in [0.29, 0.717) is 11.3 Å². The fourth-order valence-corrected chi connectivity index (χ4v) is 4.48. The van der Waals surface area contributed by atoms with Gasteiger partial charge < -0.3 is 4.74 Å². The molecule has 1 aliphatic rings. The molecule has 2 aromatic carbocycles. The molecule has 0 amide bonds. The van der Waals surface area contributed by atoms with Gasteiger partial charge in [-0.05, 0) is 29.8 Å². The minimum absolute atomic E-state index is 0.187. The van der Waals surface area contributed by atoms with Crippen LogP contribution >= 0.6 is 11.3 Å². The van der Waals surface area contributed by atoms with Crippen molar-refractivity contribution in [1.82, 2.24) is 0 Å². The number of fused-ring (bicyclic) bond motifs is 3. The molecule has 0 bridgehead atoms. The van der Waals surface area contributed by atoms with Crippen LogP contribution in [0.3, 0.4) is 0 Å². The number of benzene rings is 2. The van der Waals surface area contributed by atoms with Crippen LogP contribution in [-0.4, -0.2) is 5.90 Å². The fourth-order valence-electron chi connectivity index (χ4n) is 3.18. The highest BCUT2D eigenvalue weighted by Gasteiger charge is 2.39. The summed E-state index contributed by atoms with van der Waals surface area (Å²) in [5.41, 5.74) is -0.182.